The van der Waals surface area contributed by atoms with E-state index in [0.717, 1.165) is 17.6 Å². The minimum Gasteiger partial charge on any atom is -0.492 e. The first kappa shape index (κ1) is 22.6. The van der Waals surface area contributed by atoms with Crippen LogP contribution in [0.1, 0.15) is 40.5 Å². The number of hydrogen-bond acceptors (Lipinski definition) is 9. The summed E-state index contributed by atoms with van der Waals surface area (Å²) in [5.41, 5.74) is 3.93. The fourth-order valence-electron chi connectivity index (χ4n) is 2.58. The Balaban J connectivity index is 1.73. The van der Waals surface area contributed by atoms with Gasteiger partial charge in [0.15, 0.2) is 5.76 Å². The van der Waals surface area contributed by atoms with Crippen molar-refractivity contribution in [3.8, 4) is 22.4 Å². The number of furan rings is 1. The zero-order valence-corrected chi connectivity index (χ0v) is 18.3. The molecule has 0 aliphatic heterocycles. The molecule has 0 bridgehead atoms. The second-order valence-electron chi connectivity index (χ2n) is 7.09. The van der Waals surface area contributed by atoms with Crippen molar-refractivity contribution in [1.29, 1.82) is 5.26 Å². The van der Waals surface area contributed by atoms with E-state index in [4.69, 9.17) is 9.15 Å². The molecule has 32 heavy (non-hydrogen) atoms. The molecular formula is C21H19N5O5S. The third kappa shape index (κ3) is 5.35. The van der Waals surface area contributed by atoms with Crippen molar-refractivity contribution in [1.82, 2.24) is 10.4 Å². The molecule has 1 amide bonds. The van der Waals surface area contributed by atoms with Crippen molar-refractivity contribution < 1.29 is 18.9 Å². The molecule has 0 atom stereocenters. The van der Waals surface area contributed by atoms with Gasteiger partial charge in [0.25, 0.3) is 5.91 Å². The van der Waals surface area contributed by atoms with Crippen LogP contribution in [0.25, 0.3) is 10.6 Å². The number of nitriles is 1. The minimum absolute atomic E-state index is 0.127. The maximum absolute atomic E-state index is 12.5. The molecule has 1 N–H and O–H groups in total. The van der Waals surface area contributed by atoms with Gasteiger partial charge in [-0.1, -0.05) is 13.8 Å². The molecule has 0 saturated carbocycles. The first-order valence-corrected chi connectivity index (χ1v) is 10.3. The number of ether oxygens (including phenoxy) is 1. The average molecular weight is 453 g/mol. The largest absolute Gasteiger partial charge is 0.492 e. The number of benzene rings is 1. The van der Waals surface area contributed by atoms with Crippen LogP contribution >= 0.6 is 11.3 Å². The molecule has 3 rings (SSSR count). The summed E-state index contributed by atoms with van der Waals surface area (Å²) in [5, 5.41) is 24.4. The number of hydrazone groups is 1. The molecule has 0 unspecified atom stereocenters. The van der Waals surface area contributed by atoms with Gasteiger partial charge in [-0.15, -0.1) is 11.3 Å². The molecule has 1 aromatic carbocycles. The first-order chi connectivity index (χ1) is 15.3. The summed E-state index contributed by atoms with van der Waals surface area (Å²) in [6, 6.07) is 9.88. The van der Waals surface area contributed by atoms with E-state index in [2.05, 4.69) is 21.6 Å². The minimum atomic E-state index is -0.668. The maximum atomic E-state index is 12.5. The van der Waals surface area contributed by atoms with E-state index in [0.29, 0.717) is 45.0 Å². The number of nitrogens with zero attached hydrogens (tertiary/aromatic N) is 4. The number of thiazole rings is 1. The fraction of sp³-hybridized carbons (Fsp3) is 0.238. The first-order valence-electron chi connectivity index (χ1n) is 9.51. The van der Waals surface area contributed by atoms with Crippen LogP contribution in [0.15, 0.2) is 39.9 Å². The number of aryl methyl sites for hydroxylation is 1. The lowest BCUT2D eigenvalue weighted by Gasteiger charge is -2.10. The van der Waals surface area contributed by atoms with Crippen molar-refractivity contribution in [2.24, 2.45) is 11.0 Å². The molecule has 0 spiro atoms. The summed E-state index contributed by atoms with van der Waals surface area (Å²) in [6.07, 6.45) is 1.16. The third-order valence-electron chi connectivity index (χ3n) is 4.07. The van der Waals surface area contributed by atoms with Gasteiger partial charge >= 0.3 is 5.88 Å². The number of aromatic nitrogens is 1. The molecule has 2 aromatic heterocycles. The predicted octanol–water partition coefficient (Wildman–Crippen LogP) is 4.29. The van der Waals surface area contributed by atoms with Crippen LogP contribution in [0.3, 0.4) is 0 Å². The zero-order chi connectivity index (χ0) is 23.3. The lowest BCUT2D eigenvalue weighted by Crippen LogP contribution is -2.17. The topological polar surface area (TPSA) is 144 Å². The van der Waals surface area contributed by atoms with E-state index in [1.165, 1.54) is 12.1 Å². The Bertz CT molecular complexity index is 1220. The van der Waals surface area contributed by atoms with Gasteiger partial charge in [0.1, 0.15) is 26.6 Å². The van der Waals surface area contributed by atoms with E-state index >= 15 is 0 Å². The number of amides is 1. The molecule has 0 aliphatic rings. The second kappa shape index (κ2) is 9.84. The molecule has 10 nitrogen and oxygen atoms in total. The Labute approximate surface area is 187 Å². The highest BCUT2D eigenvalue weighted by atomic mass is 32.1. The van der Waals surface area contributed by atoms with Crippen LogP contribution in [-0.4, -0.2) is 28.6 Å². The summed E-state index contributed by atoms with van der Waals surface area (Å²) in [5.74, 6) is 0.0553. The third-order valence-corrected chi connectivity index (χ3v) is 5.28. The quantitative estimate of drug-likeness (QED) is 0.304. The summed E-state index contributed by atoms with van der Waals surface area (Å²) in [6.45, 7) is 6.24. The number of nitrogens with one attached hydrogen (secondary N) is 1. The van der Waals surface area contributed by atoms with Crippen molar-refractivity contribution in [2.45, 2.75) is 20.8 Å². The van der Waals surface area contributed by atoms with Gasteiger partial charge in [-0.2, -0.15) is 10.4 Å². The van der Waals surface area contributed by atoms with Gasteiger partial charge in [0, 0.05) is 5.56 Å². The molecule has 0 saturated heterocycles. The predicted molar refractivity (Wildman–Crippen MR) is 118 cm³/mol. The summed E-state index contributed by atoms with van der Waals surface area (Å²) in [4.78, 5) is 27.2. The van der Waals surface area contributed by atoms with Gasteiger partial charge in [0.05, 0.1) is 30.1 Å². The molecular weight excluding hydrogens is 434 g/mol. The van der Waals surface area contributed by atoms with Gasteiger partial charge in [-0.25, -0.2) is 10.4 Å². The molecule has 3 aromatic rings. The average Bonchev–Trinajstić information content (AvgIpc) is 3.39. The molecule has 11 heteroatoms. The Kier molecular flexibility index (Phi) is 6.97. The van der Waals surface area contributed by atoms with Crippen molar-refractivity contribution in [3.63, 3.8) is 0 Å². The van der Waals surface area contributed by atoms with Crippen molar-refractivity contribution in [3.05, 3.63) is 62.3 Å². The second-order valence-corrected chi connectivity index (χ2v) is 8.09. The van der Waals surface area contributed by atoms with Gasteiger partial charge < -0.3 is 9.15 Å². The number of rotatable bonds is 8. The van der Waals surface area contributed by atoms with Gasteiger partial charge in [-0.05, 0) is 37.1 Å². The van der Waals surface area contributed by atoms with Crippen molar-refractivity contribution in [2.75, 3.05) is 6.61 Å². The SMILES string of the molecule is Cc1nc(-c2ccc(OCC(C)C)c(C#N)c2)sc1C(=O)N/N=C/c1ccc([N+](=O)[O-])o1. The van der Waals surface area contributed by atoms with Gasteiger partial charge in [0.2, 0.25) is 0 Å². The normalized spacial score (nSPS) is 11.0. The molecule has 2 heterocycles. The monoisotopic (exact) mass is 453 g/mol. The fourth-order valence-corrected chi connectivity index (χ4v) is 3.53. The molecule has 164 valence electrons. The lowest BCUT2D eigenvalue weighted by atomic mass is 10.1. The number of carbonyl (C=O) groups excluding carboxylic acids is 1. The van der Waals surface area contributed by atoms with Crippen LogP contribution in [0.4, 0.5) is 5.88 Å². The van der Waals surface area contributed by atoms with Crippen LogP contribution in [-0.2, 0) is 0 Å². The van der Waals surface area contributed by atoms with Crippen LogP contribution in [0.2, 0.25) is 0 Å². The Morgan fingerprint density at radius 2 is 2.22 bits per heavy atom. The Hall–Kier alpha value is -4.04. The maximum Gasteiger partial charge on any atom is 0.433 e. The van der Waals surface area contributed by atoms with E-state index < -0.39 is 16.7 Å². The zero-order valence-electron chi connectivity index (χ0n) is 17.5. The van der Waals surface area contributed by atoms with E-state index in [-0.39, 0.29) is 5.76 Å². The van der Waals surface area contributed by atoms with E-state index in [1.54, 1.807) is 25.1 Å². The number of hydrogen-bond donors (Lipinski definition) is 1. The highest BCUT2D eigenvalue weighted by Crippen LogP contribution is 2.31. The molecule has 0 radical (unpaired) electrons. The van der Waals surface area contributed by atoms with Crippen molar-refractivity contribution >= 4 is 29.3 Å². The van der Waals surface area contributed by atoms with Gasteiger partial charge in [-0.3, -0.25) is 14.9 Å². The van der Waals surface area contributed by atoms with E-state index in [1.807, 2.05) is 13.8 Å². The van der Waals surface area contributed by atoms with Crippen LogP contribution in [0.5, 0.6) is 5.75 Å². The smallest absolute Gasteiger partial charge is 0.433 e. The Morgan fingerprint density at radius 3 is 2.88 bits per heavy atom. The molecule has 0 aliphatic carbocycles. The van der Waals surface area contributed by atoms with E-state index in [9.17, 15) is 20.2 Å². The summed E-state index contributed by atoms with van der Waals surface area (Å²) >= 11 is 1.16. The highest BCUT2D eigenvalue weighted by molar-refractivity contribution is 7.17. The standard InChI is InChI=1S/C21H19N5O5S/c1-12(2)11-30-17-6-4-14(8-15(17)9-22)21-24-13(3)19(32-21)20(27)25-23-10-16-5-7-18(31-16)26(28)29/h4-8,10,12H,11H2,1-3H3,(H,25,27)/b23-10+. The van der Waals surface area contributed by atoms with Crippen LogP contribution < -0.4 is 10.2 Å². The highest BCUT2D eigenvalue weighted by Gasteiger charge is 2.17. The Morgan fingerprint density at radius 1 is 1.44 bits per heavy atom. The number of nitro groups is 1. The summed E-state index contributed by atoms with van der Waals surface area (Å²) < 4.78 is 10.6. The lowest BCUT2D eigenvalue weighted by molar-refractivity contribution is -0.402. The van der Waals surface area contributed by atoms with Crippen LogP contribution in [0, 0.1) is 34.3 Å². The molecule has 0 fully saturated rings. The summed E-state index contributed by atoms with van der Waals surface area (Å²) in [7, 11) is 0. The number of carbonyl (C=O) groups is 1.